The minimum Gasteiger partial charge on any atom is -0.481 e. The van der Waals surface area contributed by atoms with Crippen LogP contribution in [0.2, 0.25) is 0 Å². The fourth-order valence-electron chi connectivity index (χ4n) is 2.03. The topological polar surface area (TPSA) is 57.6 Å². The Labute approximate surface area is 98.6 Å². The molecule has 6 heteroatoms. The Kier molecular flexibility index (Phi) is 4.06. The van der Waals surface area contributed by atoms with Gasteiger partial charge in [0, 0.05) is 13.0 Å². The summed E-state index contributed by atoms with van der Waals surface area (Å²) >= 11 is 0. The Bertz CT molecular complexity index is 318. The smallest absolute Gasteiger partial charge is 0.316 e. The second kappa shape index (κ2) is 4.98. The summed E-state index contributed by atoms with van der Waals surface area (Å²) in [4.78, 5) is 23.8. The van der Waals surface area contributed by atoms with Gasteiger partial charge in [0.25, 0.3) is 5.92 Å². The van der Waals surface area contributed by atoms with E-state index in [-0.39, 0.29) is 19.4 Å². The summed E-state index contributed by atoms with van der Waals surface area (Å²) in [5.74, 6) is -6.49. The van der Waals surface area contributed by atoms with Crippen LogP contribution < -0.4 is 0 Å². The van der Waals surface area contributed by atoms with E-state index in [1.807, 2.05) is 0 Å². The highest BCUT2D eigenvalue weighted by molar-refractivity contribution is 5.97. The summed E-state index contributed by atoms with van der Waals surface area (Å²) in [6.45, 7) is 2.74. The van der Waals surface area contributed by atoms with Crippen LogP contribution >= 0.6 is 0 Å². The molecule has 0 aliphatic carbocycles. The zero-order chi connectivity index (χ0) is 13.2. The van der Waals surface area contributed by atoms with E-state index < -0.39 is 36.2 Å². The van der Waals surface area contributed by atoms with Gasteiger partial charge in [0.05, 0.1) is 6.54 Å². The summed E-state index contributed by atoms with van der Waals surface area (Å²) in [6.07, 6.45) is -0.0284. The fourth-order valence-corrected chi connectivity index (χ4v) is 2.03. The number of carboxylic acid groups (broad SMARTS) is 1. The maximum Gasteiger partial charge on any atom is 0.316 e. The Morgan fingerprint density at radius 2 is 1.94 bits per heavy atom. The lowest BCUT2D eigenvalue weighted by atomic mass is 9.93. The predicted molar refractivity (Wildman–Crippen MR) is 56.7 cm³/mol. The Morgan fingerprint density at radius 1 is 1.35 bits per heavy atom. The Balaban J connectivity index is 2.77. The molecule has 0 spiro atoms. The quantitative estimate of drug-likeness (QED) is 0.773. The van der Waals surface area contributed by atoms with Gasteiger partial charge in [0.1, 0.15) is 5.92 Å². The molecule has 1 saturated heterocycles. The van der Waals surface area contributed by atoms with Gasteiger partial charge in [-0.25, -0.2) is 8.78 Å². The highest BCUT2D eigenvalue weighted by Gasteiger charge is 2.41. The molecule has 1 aliphatic heterocycles. The minimum atomic E-state index is -2.89. The number of amides is 1. The molecule has 4 nitrogen and oxygen atoms in total. The maximum absolute atomic E-state index is 13.1. The number of carboxylic acids is 1. The minimum absolute atomic E-state index is 0.211. The number of hydrogen-bond donors (Lipinski definition) is 1. The third-order valence-corrected chi connectivity index (χ3v) is 2.90. The van der Waals surface area contributed by atoms with Crippen molar-refractivity contribution in [1.29, 1.82) is 0 Å². The fraction of sp³-hybridized carbons (Fsp3) is 0.818. The lowest BCUT2D eigenvalue weighted by Crippen LogP contribution is -2.50. The molecule has 98 valence electrons. The molecule has 1 unspecified atom stereocenters. The lowest BCUT2D eigenvalue weighted by Gasteiger charge is -2.34. The van der Waals surface area contributed by atoms with Gasteiger partial charge in [0.15, 0.2) is 0 Å². The number of aliphatic carboxylic acids is 1. The standard InChI is InChI=1S/C11H17F2NO3/c1-7(2)8(10(16)17)9(15)14-5-3-4-11(12,13)6-14/h7-8H,3-6H2,1-2H3,(H,16,17). The van der Waals surface area contributed by atoms with Gasteiger partial charge < -0.3 is 10.0 Å². The van der Waals surface area contributed by atoms with Crippen LogP contribution in [0.4, 0.5) is 8.78 Å². The van der Waals surface area contributed by atoms with Crippen LogP contribution in [0.15, 0.2) is 0 Å². The van der Waals surface area contributed by atoms with Crippen LogP contribution in [0.3, 0.4) is 0 Å². The summed E-state index contributed by atoms with van der Waals surface area (Å²) in [7, 11) is 0. The highest BCUT2D eigenvalue weighted by atomic mass is 19.3. The number of rotatable bonds is 3. The van der Waals surface area contributed by atoms with Gasteiger partial charge in [0.2, 0.25) is 5.91 Å². The zero-order valence-electron chi connectivity index (χ0n) is 9.95. The second-order valence-corrected chi connectivity index (χ2v) is 4.78. The third-order valence-electron chi connectivity index (χ3n) is 2.90. The molecule has 0 aromatic heterocycles. The Hall–Kier alpha value is -1.20. The molecule has 1 rings (SSSR count). The van der Waals surface area contributed by atoms with Crippen molar-refractivity contribution in [3.8, 4) is 0 Å². The van der Waals surface area contributed by atoms with Crippen molar-refractivity contribution in [1.82, 2.24) is 4.90 Å². The molecule has 1 heterocycles. The summed E-state index contributed by atoms with van der Waals surface area (Å²) < 4.78 is 26.3. The number of likely N-dealkylation sites (tertiary alicyclic amines) is 1. The number of piperidine rings is 1. The second-order valence-electron chi connectivity index (χ2n) is 4.78. The molecule has 1 fully saturated rings. The molecule has 0 radical (unpaired) electrons. The lowest BCUT2D eigenvalue weighted by molar-refractivity contribution is -0.158. The monoisotopic (exact) mass is 249 g/mol. The van der Waals surface area contributed by atoms with Gasteiger partial charge in [-0.1, -0.05) is 13.8 Å². The van der Waals surface area contributed by atoms with Crippen LogP contribution in [0, 0.1) is 11.8 Å². The van der Waals surface area contributed by atoms with E-state index in [1.54, 1.807) is 13.8 Å². The molecule has 0 bridgehead atoms. The molecule has 1 N–H and O–H groups in total. The summed E-state index contributed by atoms with van der Waals surface area (Å²) in [6, 6.07) is 0. The highest BCUT2D eigenvalue weighted by Crippen LogP contribution is 2.28. The normalized spacial score (nSPS) is 21.4. The molecule has 1 atom stereocenters. The van der Waals surface area contributed by atoms with Gasteiger partial charge in [-0.3, -0.25) is 9.59 Å². The molecule has 17 heavy (non-hydrogen) atoms. The molecule has 1 aliphatic rings. The average Bonchev–Trinajstić information content (AvgIpc) is 2.14. The largest absolute Gasteiger partial charge is 0.481 e. The molecule has 0 aromatic rings. The molecule has 0 aromatic carbocycles. The first-order chi connectivity index (χ1) is 7.74. The van der Waals surface area contributed by atoms with Crippen molar-refractivity contribution in [2.24, 2.45) is 11.8 Å². The van der Waals surface area contributed by atoms with E-state index in [1.165, 1.54) is 0 Å². The van der Waals surface area contributed by atoms with Gasteiger partial charge in [-0.05, 0) is 12.3 Å². The first-order valence-corrected chi connectivity index (χ1v) is 5.64. The van der Waals surface area contributed by atoms with Crippen LogP contribution in [0.1, 0.15) is 26.7 Å². The van der Waals surface area contributed by atoms with E-state index >= 15 is 0 Å². The van der Waals surface area contributed by atoms with E-state index in [4.69, 9.17) is 5.11 Å². The maximum atomic E-state index is 13.1. The van der Waals surface area contributed by atoms with Crippen molar-refractivity contribution < 1.29 is 23.5 Å². The number of nitrogens with zero attached hydrogens (tertiary/aromatic N) is 1. The van der Waals surface area contributed by atoms with E-state index in [9.17, 15) is 18.4 Å². The number of carbonyl (C=O) groups excluding carboxylic acids is 1. The average molecular weight is 249 g/mol. The van der Waals surface area contributed by atoms with E-state index in [0.29, 0.717) is 0 Å². The number of hydrogen-bond acceptors (Lipinski definition) is 2. The van der Waals surface area contributed by atoms with Crippen LogP contribution in [-0.4, -0.2) is 40.9 Å². The third kappa shape index (κ3) is 3.38. The zero-order valence-corrected chi connectivity index (χ0v) is 9.95. The predicted octanol–water partition coefficient (Wildman–Crippen LogP) is 1.60. The van der Waals surface area contributed by atoms with Crippen LogP contribution in [0.5, 0.6) is 0 Å². The van der Waals surface area contributed by atoms with E-state index in [0.717, 1.165) is 4.90 Å². The molecular weight excluding hydrogens is 232 g/mol. The van der Waals surface area contributed by atoms with Crippen molar-refractivity contribution in [3.63, 3.8) is 0 Å². The van der Waals surface area contributed by atoms with Gasteiger partial charge in [-0.15, -0.1) is 0 Å². The van der Waals surface area contributed by atoms with Gasteiger partial charge >= 0.3 is 5.97 Å². The Morgan fingerprint density at radius 3 is 2.35 bits per heavy atom. The molecule has 0 saturated carbocycles. The SMILES string of the molecule is CC(C)C(C(=O)O)C(=O)N1CCCC(F)(F)C1. The number of halogens is 2. The summed E-state index contributed by atoms with van der Waals surface area (Å²) in [5.41, 5.74) is 0. The number of alkyl halides is 2. The van der Waals surface area contributed by atoms with E-state index in [2.05, 4.69) is 0 Å². The van der Waals surface area contributed by atoms with Gasteiger partial charge in [-0.2, -0.15) is 0 Å². The first kappa shape index (κ1) is 13.9. The first-order valence-electron chi connectivity index (χ1n) is 5.64. The van der Waals surface area contributed by atoms with Crippen molar-refractivity contribution >= 4 is 11.9 Å². The van der Waals surface area contributed by atoms with Crippen molar-refractivity contribution in [3.05, 3.63) is 0 Å². The van der Waals surface area contributed by atoms with Crippen molar-refractivity contribution in [2.75, 3.05) is 13.1 Å². The molecule has 1 amide bonds. The van der Waals surface area contributed by atoms with Crippen LogP contribution in [-0.2, 0) is 9.59 Å². The van der Waals surface area contributed by atoms with Crippen LogP contribution in [0.25, 0.3) is 0 Å². The summed E-state index contributed by atoms with van der Waals surface area (Å²) in [5, 5.41) is 8.94. The molecular formula is C11H17F2NO3. The number of carbonyl (C=O) groups is 2. The van der Waals surface area contributed by atoms with Crippen molar-refractivity contribution in [2.45, 2.75) is 32.6 Å².